The van der Waals surface area contributed by atoms with Crippen LogP contribution in [0.25, 0.3) is 10.8 Å². The Morgan fingerprint density at radius 3 is 2.42 bits per heavy atom. The van der Waals surface area contributed by atoms with E-state index in [0.29, 0.717) is 17.6 Å². The van der Waals surface area contributed by atoms with Crippen molar-refractivity contribution < 1.29 is 14.6 Å². The van der Waals surface area contributed by atoms with Crippen molar-refractivity contribution >= 4 is 16.7 Å². The average molecular weight is 328 g/mol. The first-order chi connectivity index (χ1) is 11.4. The zero-order chi connectivity index (χ0) is 17.7. The molecule has 0 aromatic heterocycles. The summed E-state index contributed by atoms with van der Waals surface area (Å²) in [4.78, 5) is 11.8. The topological polar surface area (TPSA) is 46.5 Å². The SMILES string of the molecule is CCC(CC(C)C(C)Cc1ccc2cc(O)ccc2c1)C(=O)OC. The van der Waals surface area contributed by atoms with Gasteiger partial charge in [0.2, 0.25) is 0 Å². The maximum atomic E-state index is 11.8. The molecule has 130 valence electrons. The van der Waals surface area contributed by atoms with Crippen LogP contribution in [-0.4, -0.2) is 18.2 Å². The molecule has 0 aliphatic carbocycles. The molecular formula is C21H28O3. The summed E-state index contributed by atoms with van der Waals surface area (Å²) in [6, 6.07) is 11.8. The number of fused-ring (bicyclic) bond motifs is 1. The molecule has 1 N–H and O–H groups in total. The summed E-state index contributed by atoms with van der Waals surface area (Å²) in [5.74, 6) is 1.13. The number of hydrogen-bond acceptors (Lipinski definition) is 3. The average Bonchev–Trinajstić information content (AvgIpc) is 2.58. The molecule has 2 aromatic rings. The fourth-order valence-corrected chi connectivity index (χ4v) is 3.26. The van der Waals surface area contributed by atoms with Crippen molar-refractivity contribution in [3.05, 3.63) is 42.0 Å². The first kappa shape index (κ1) is 18.3. The van der Waals surface area contributed by atoms with Gasteiger partial charge in [-0.05, 0) is 59.6 Å². The number of carbonyl (C=O) groups excluding carboxylic acids is 1. The number of benzene rings is 2. The Labute approximate surface area is 144 Å². The first-order valence-electron chi connectivity index (χ1n) is 8.74. The molecule has 0 aliphatic rings. The van der Waals surface area contributed by atoms with Crippen LogP contribution in [0.3, 0.4) is 0 Å². The Morgan fingerprint density at radius 1 is 1.08 bits per heavy atom. The molecule has 0 saturated heterocycles. The second-order valence-electron chi connectivity index (χ2n) is 6.89. The molecule has 0 amide bonds. The van der Waals surface area contributed by atoms with E-state index in [0.717, 1.165) is 30.0 Å². The number of hydrogen-bond donors (Lipinski definition) is 1. The van der Waals surface area contributed by atoms with E-state index in [1.54, 1.807) is 12.1 Å². The highest BCUT2D eigenvalue weighted by Crippen LogP contribution is 2.27. The smallest absolute Gasteiger partial charge is 0.308 e. The fourth-order valence-electron chi connectivity index (χ4n) is 3.26. The zero-order valence-electron chi connectivity index (χ0n) is 15.1. The largest absolute Gasteiger partial charge is 0.508 e. The molecule has 0 heterocycles. The van der Waals surface area contributed by atoms with Crippen LogP contribution >= 0.6 is 0 Å². The summed E-state index contributed by atoms with van der Waals surface area (Å²) < 4.78 is 4.90. The van der Waals surface area contributed by atoms with Crippen LogP contribution in [0.4, 0.5) is 0 Å². The second-order valence-corrected chi connectivity index (χ2v) is 6.89. The molecule has 24 heavy (non-hydrogen) atoms. The maximum absolute atomic E-state index is 11.8. The van der Waals surface area contributed by atoms with E-state index in [1.807, 2.05) is 13.0 Å². The molecule has 3 nitrogen and oxygen atoms in total. The fraction of sp³-hybridized carbons (Fsp3) is 0.476. The van der Waals surface area contributed by atoms with Crippen LogP contribution in [-0.2, 0) is 16.0 Å². The molecule has 0 saturated carbocycles. The summed E-state index contributed by atoms with van der Waals surface area (Å²) in [5, 5.41) is 11.7. The van der Waals surface area contributed by atoms with Crippen molar-refractivity contribution in [2.45, 2.75) is 40.0 Å². The maximum Gasteiger partial charge on any atom is 0.308 e. The summed E-state index contributed by atoms with van der Waals surface area (Å²) >= 11 is 0. The van der Waals surface area contributed by atoms with Crippen molar-refractivity contribution in [1.29, 1.82) is 0 Å². The first-order valence-corrected chi connectivity index (χ1v) is 8.74. The van der Waals surface area contributed by atoms with Crippen molar-refractivity contribution in [2.75, 3.05) is 7.11 Å². The third-order valence-electron chi connectivity index (χ3n) is 5.10. The van der Waals surface area contributed by atoms with Gasteiger partial charge in [0.05, 0.1) is 13.0 Å². The number of aromatic hydroxyl groups is 1. The quantitative estimate of drug-likeness (QED) is 0.732. The third-order valence-corrected chi connectivity index (χ3v) is 5.10. The minimum absolute atomic E-state index is 0.00738. The van der Waals surface area contributed by atoms with Crippen LogP contribution in [0.15, 0.2) is 36.4 Å². The predicted molar refractivity (Wildman–Crippen MR) is 98.1 cm³/mol. The van der Waals surface area contributed by atoms with Crippen LogP contribution in [0, 0.1) is 17.8 Å². The van der Waals surface area contributed by atoms with E-state index >= 15 is 0 Å². The summed E-state index contributed by atoms with van der Waals surface area (Å²) in [5.41, 5.74) is 1.29. The van der Waals surface area contributed by atoms with E-state index in [2.05, 4.69) is 32.0 Å². The van der Waals surface area contributed by atoms with Gasteiger partial charge in [0, 0.05) is 0 Å². The molecule has 0 aliphatic heterocycles. The Morgan fingerprint density at radius 2 is 1.75 bits per heavy atom. The van der Waals surface area contributed by atoms with E-state index in [4.69, 9.17) is 4.74 Å². The van der Waals surface area contributed by atoms with Gasteiger partial charge < -0.3 is 9.84 Å². The van der Waals surface area contributed by atoms with Gasteiger partial charge in [0.15, 0.2) is 0 Å². The Hall–Kier alpha value is -2.03. The second kappa shape index (κ2) is 8.18. The number of phenols is 1. The molecule has 3 unspecified atom stereocenters. The van der Waals surface area contributed by atoms with Crippen molar-refractivity contribution in [2.24, 2.45) is 17.8 Å². The number of methoxy groups -OCH3 is 1. The minimum atomic E-state index is -0.0953. The predicted octanol–water partition coefficient (Wildman–Crippen LogP) is 4.95. The molecule has 0 radical (unpaired) electrons. The van der Waals surface area contributed by atoms with Crippen molar-refractivity contribution in [1.82, 2.24) is 0 Å². The van der Waals surface area contributed by atoms with E-state index in [9.17, 15) is 9.90 Å². The Bertz CT molecular complexity index is 693. The van der Waals surface area contributed by atoms with Gasteiger partial charge in [-0.15, -0.1) is 0 Å². The van der Waals surface area contributed by atoms with Gasteiger partial charge in [0.1, 0.15) is 5.75 Å². The highest BCUT2D eigenvalue weighted by Gasteiger charge is 2.23. The summed E-state index contributed by atoms with van der Waals surface area (Å²) in [6.45, 7) is 6.50. The highest BCUT2D eigenvalue weighted by molar-refractivity contribution is 5.84. The van der Waals surface area contributed by atoms with Crippen LogP contribution in [0.5, 0.6) is 5.75 Å². The number of rotatable bonds is 7. The standard InChI is InChI=1S/C21H28O3/c1-5-17(21(23)24-4)11-15(3)14(2)10-16-6-7-19-13-20(22)9-8-18(19)12-16/h6-9,12-15,17,22H,5,10-11H2,1-4H3. The molecule has 0 bridgehead atoms. The van der Waals surface area contributed by atoms with Gasteiger partial charge in [-0.3, -0.25) is 4.79 Å². The van der Waals surface area contributed by atoms with Crippen LogP contribution < -0.4 is 0 Å². The van der Waals surface area contributed by atoms with Gasteiger partial charge in [-0.25, -0.2) is 0 Å². The van der Waals surface area contributed by atoms with Crippen molar-refractivity contribution in [3.8, 4) is 5.75 Å². The normalized spacial score (nSPS) is 15.0. The van der Waals surface area contributed by atoms with E-state index in [-0.39, 0.29) is 11.9 Å². The van der Waals surface area contributed by atoms with Crippen molar-refractivity contribution in [3.63, 3.8) is 0 Å². The Kier molecular flexibility index (Phi) is 6.24. The lowest BCUT2D eigenvalue weighted by atomic mass is 9.82. The summed E-state index contributed by atoms with van der Waals surface area (Å²) in [7, 11) is 1.46. The van der Waals surface area contributed by atoms with E-state index in [1.165, 1.54) is 12.7 Å². The Balaban J connectivity index is 2.04. The number of phenolic OH excluding ortho intramolecular Hbond substituents is 1. The molecule has 0 fully saturated rings. The summed E-state index contributed by atoms with van der Waals surface area (Å²) in [6.07, 6.45) is 2.67. The van der Waals surface area contributed by atoms with Gasteiger partial charge >= 0.3 is 5.97 Å². The lowest BCUT2D eigenvalue weighted by Gasteiger charge is -2.23. The van der Waals surface area contributed by atoms with Gasteiger partial charge in [0.25, 0.3) is 0 Å². The minimum Gasteiger partial charge on any atom is -0.508 e. The molecule has 2 aromatic carbocycles. The molecule has 3 heteroatoms. The van der Waals surface area contributed by atoms with Gasteiger partial charge in [-0.2, -0.15) is 0 Å². The third kappa shape index (κ3) is 4.50. The van der Waals surface area contributed by atoms with E-state index < -0.39 is 0 Å². The molecular weight excluding hydrogens is 300 g/mol. The van der Waals surface area contributed by atoms with Crippen LogP contribution in [0.2, 0.25) is 0 Å². The number of esters is 1. The van der Waals surface area contributed by atoms with Gasteiger partial charge in [-0.1, -0.05) is 45.0 Å². The zero-order valence-corrected chi connectivity index (χ0v) is 15.1. The highest BCUT2D eigenvalue weighted by atomic mass is 16.5. The lowest BCUT2D eigenvalue weighted by Crippen LogP contribution is -2.21. The molecule has 3 atom stereocenters. The molecule has 2 rings (SSSR count). The van der Waals surface area contributed by atoms with Crippen LogP contribution in [0.1, 0.15) is 39.2 Å². The number of carbonyl (C=O) groups is 1. The monoisotopic (exact) mass is 328 g/mol. The lowest BCUT2D eigenvalue weighted by molar-refractivity contribution is -0.146. The molecule has 0 spiro atoms. The number of ether oxygens (including phenoxy) is 1.